The number of para-hydroxylation sites is 2. The highest BCUT2D eigenvalue weighted by atomic mass is 15.2. The highest BCUT2D eigenvalue weighted by Crippen LogP contribution is 2.46. The Kier molecular flexibility index (Phi) is 7.29. The van der Waals surface area contributed by atoms with Crippen LogP contribution in [0.4, 0.5) is 34.1 Å². The largest absolute Gasteiger partial charge is 0.311 e. The van der Waals surface area contributed by atoms with E-state index in [0.717, 1.165) is 11.4 Å². The summed E-state index contributed by atoms with van der Waals surface area (Å²) in [6, 6.07) is 64.8. The number of anilines is 6. The van der Waals surface area contributed by atoms with Crippen molar-refractivity contribution in [3.8, 4) is 0 Å². The average Bonchev–Trinajstić information content (AvgIpc) is 3.18. The van der Waals surface area contributed by atoms with Crippen LogP contribution in [0.5, 0.6) is 0 Å². The Morgan fingerprint density at radius 1 is 0.373 bits per heavy atom. The first-order chi connectivity index (χ1) is 24.9. The normalized spacial score (nSPS) is 13.4. The molecule has 51 heavy (non-hydrogen) atoms. The molecule has 0 aliphatic carbocycles. The number of nitrogens with zero attached hydrogens (tertiary/aromatic N) is 2. The van der Waals surface area contributed by atoms with Crippen molar-refractivity contribution in [2.24, 2.45) is 0 Å². The van der Waals surface area contributed by atoms with Gasteiger partial charge in [0.05, 0.1) is 0 Å². The van der Waals surface area contributed by atoms with Crippen molar-refractivity contribution in [2.45, 2.75) is 38.5 Å². The van der Waals surface area contributed by atoms with Crippen LogP contribution in [0.1, 0.15) is 49.9 Å². The summed E-state index contributed by atoms with van der Waals surface area (Å²) in [5.41, 5.74) is 16.2. The van der Waals surface area contributed by atoms with Crippen molar-refractivity contribution < 1.29 is 0 Å². The van der Waals surface area contributed by atoms with Crippen LogP contribution in [-0.4, -0.2) is 6.71 Å². The Hall–Kier alpha value is -5.80. The molecule has 2 aliphatic rings. The van der Waals surface area contributed by atoms with Crippen molar-refractivity contribution in [3.63, 3.8) is 0 Å². The van der Waals surface area contributed by atoms with E-state index in [1.165, 1.54) is 61.4 Å². The van der Waals surface area contributed by atoms with Crippen LogP contribution >= 0.6 is 0 Å². The monoisotopic (exact) mass is 656 g/mol. The molecule has 0 N–H and O–H groups in total. The first-order valence-electron chi connectivity index (χ1n) is 18.1. The lowest BCUT2D eigenvalue weighted by molar-refractivity contribution is 0.641. The van der Waals surface area contributed by atoms with Gasteiger partial charge in [-0.25, -0.2) is 0 Å². The molecule has 0 saturated carbocycles. The van der Waals surface area contributed by atoms with Gasteiger partial charge in [-0.2, -0.15) is 0 Å². The first kappa shape index (κ1) is 31.2. The van der Waals surface area contributed by atoms with Crippen molar-refractivity contribution in [1.82, 2.24) is 0 Å². The third-order valence-corrected chi connectivity index (χ3v) is 11.4. The third-order valence-electron chi connectivity index (χ3n) is 11.4. The SMILES string of the molecule is CC(C)(c1ccccc1)c1ccc2c(c1)B1c3c(cccc3N(c3ccccc3)c3cccc(C(C)(C)c4ccccc4)c31)N2c1ccccc1. The van der Waals surface area contributed by atoms with E-state index in [4.69, 9.17) is 0 Å². The average molecular weight is 657 g/mol. The van der Waals surface area contributed by atoms with Gasteiger partial charge in [-0.1, -0.05) is 155 Å². The summed E-state index contributed by atoms with van der Waals surface area (Å²) in [5, 5.41) is 0. The molecule has 0 saturated heterocycles. The lowest BCUT2D eigenvalue weighted by atomic mass is 9.32. The molecule has 0 atom stereocenters. The molecule has 0 fully saturated rings. The van der Waals surface area contributed by atoms with Gasteiger partial charge in [-0.15, -0.1) is 0 Å². The fourth-order valence-corrected chi connectivity index (χ4v) is 8.66. The molecule has 7 aromatic rings. The van der Waals surface area contributed by atoms with Gasteiger partial charge in [0.25, 0.3) is 6.71 Å². The predicted molar refractivity (Wildman–Crippen MR) is 218 cm³/mol. The summed E-state index contributed by atoms with van der Waals surface area (Å²) in [7, 11) is 0. The standard InChI is InChI=1S/C48H41BN2/c1-47(2,34-19-9-5-10-20-34)36-31-32-41-40(33-36)49-45-39(48(3,4)35-21-11-6-12-22-35)27-17-28-42(45)51(38-25-15-8-16-26-38)44-30-18-29-43(46(44)49)50(41)37-23-13-7-14-24-37/h5-33H,1-4H3. The van der Waals surface area contributed by atoms with Gasteiger partial charge in [0, 0.05) is 45.0 Å². The molecule has 2 heterocycles. The Morgan fingerprint density at radius 2 is 0.824 bits per heavy atom. The number of fused-ring (bicyclic) bond motifs is 4. The minimum Gasteiger partial charge on any atom is -0.311 e. The van der Waals surface area contributed by atoms with Gasteiger partial charge in [-0.3, -0.25) is 0 Å². The fraction of sp³-hybridized carbons (Fsp3) is 0.125. The smallest absolute Gasteiger partial charge is 0.252 e. The predicted octanol–water partition coefficient (Wildman–Crippen LogP) is 10.4. The molecule has 246 valence electrons. The van der Waals surface area contributed by atoms with Crippen molar-refractivity contribution >= 4 is 57.2 Å². The van der Waals surface area contributed by atoms with Crippen LogP contribution < -0.4 is 26.2 Å². The first-order valence-corrected chi connectivity index (χ1v) is 18.1. The third kappa shape index (κ3) is 4.87. The zero-order valence-corrected chi connectivity index (χ0v) is 29.7. The Balaban J connectivity index is 1.39. The lowest BCUT2D eigenvalue weighted by Crippen LogP contribution is -2.63. The zero-order chi connectivity index (χ0) is 34.7. The lowest BCUT2D eigenvalue weighted by Gasteiger charge is -2.46. The van der Waals surface area contributed by atoms with E-state index < -0.39 is 0 Å². The Morgan fingerprint density at radius 3 is 1.37 bits per heavy atom. The van der Waals surface area contributed by atoms with Crippen LogP contribution in [0.15, 0.2) is 176 Å². The topological polar surface area (TPSA) is 6.48 Å². The van der Waals surface area contributed by atoms with Gasteiger partial charge >= 0.3 is 0 Å². The van der Waals surface area contributed by atoms with Gasteiger partial charge in [0.1, 0.15) is 0 Å². The molecule has 7 aromatic carbocycles. The summed E-state index contributed by atoms with van der Waals surface area (Å²) in [5.74, 6) is 0. The molecule has 0 bridgehead atoms. The quantitative estimate of drug-likeness (QED) is 0.164. The molecule has 0 aromatic heterocycles. The molecule has 9 rings (SSSR count). The maximum Gasteiger partial charge on any atom is 0.252 e. The number of benzene rings is 7. The van der Waals surface area contributed by atoms with E-state index in [1.807, 2.05) is 0 Å². The van der Waals surface area contributed by atoms with Gasteiger partial charge < -0.3 is 9.80 Å². The minimum atomic E-state index is -0.251. The van der Waals surface area contributed by atoms with Crippen LogP contribution in [-0.2, 0) is 10.8 Å². The van der Waals surface area contributed by atoms with Crippen LogP contribution in [0.3, 0.4) is 0 Å². The summed E-state index contributed by atoms with van der Waals surface area (Å²) in [4.78, 5) is 4.99. The molecule has 0 amide bonds. The summed E-state index contributed by atoms with van der Waals surface area (Å²) in [6.07, 6.45) is 0. The number of rotatable bonds is 6. The van der Waals surface area contributed by atoms with Gasteiger partial charge in [0.15, 0.2) is 0 Å². The molecule has 0 spiro atoms. The van der Waals surface area contributed by atoms with E-state index in [9.17, 15) is 0 Å². The fourth-order valence-electron chi connectivity index (χ4n) is 8.66. The van der Waals surface area contributed by atoms with E-state index in [-0.39, 0.29) is 17.5 Å². The van der Waals surface area contributed by atoms with Crippen LogP contribution in [0, 0.1) is 0 Å². The molecular formula is C48H41BN2. The van der Waals surface area contributed by atoms with Crippen LogP contribution in [0.25, 0.3) is 0 Å². The molecule has 3 heteroatoms. The highest BCUT2D eigenvalue weighted by molar-refractivity contribution is 7.00. The minimum absolute atomic E-state index is 0.0202. The molecule has 2 nitrogen and oxygen atoms in total. The molecule has 0 radical (unpaired) electrons. The van der Waals surface area contributed by atoms with E-state index >= 15 is 0 Å². The van der Waals surface area contributed by atoms with Gasteiger partial charge in [-0.05, 0) is 87.2 Å². The maximum atomic E-state index is 2.52. The van der Waals surface area contributed by atoms with Crippen molar-refractivity contribution in [1.29, 1.82) is 0 Å². The van der Waals surface area contributed by atoms with Crippen molar-refractivity contribution in [2.75, 3.05) is 9.80 Å². The van der Waals surface area contributed by atoms with Crippen molar-refractivity contribution in [3.05, 3.63) is 198 Å². The second kappa shape index (κ2) is 11.9. The number of hydrogen-bond donors (Lipinski definition) is 0. The molecule has 0 unspecified atom stereocenters. The summed E-state index contributed by atoms with van der Waals surface area (Å²) >= 11 is 0. The number of hydrogen-bond acceptors (Lipinski definition) is 2. The second-order valence-corrected chi connectivity index (χ2v) is 15.0. The highest BCUT2D eigenvalue weighted by Gasteiger charge is 2.46. The Labute approximate surface area is 302 Å². The van der Waals surface area contributed by atoms with E-state index in [2.05, 4.69) is 213 Å². The Bertz CT molecular complexity index is 2350. The van der Waals surface area contributed by atoms with E-state index in [1.54, 1.807) is 0 Å². The maximum absolute atomic E-state index is 2.52. The zero-order valence-electron chi connectivity index (χ0n) is 29.7. The molecular weight excluding hydrogens is 615 g/mol. The summed E-state index contributed by atoms with van der Waals surface area (Å²) < 4.78 is 0. The van der Waals surface area contributed by atoms with E-state index in [0.29, 0.717) is 0 Å². The van der Waals surface area contributed by atoms with Crippen LogP contribution in [0.2, 0.25) is 0 Å². The molecule has 2 aliphatic heterocycles. The second-order valence-electron chi connectivity index (χ2n) is 15.0. The summed E-state index contributed by atoms with van der Waals surface area (Å²) in [6.45, 7) is 9.52. The van der Waals surface area contributed by atoms with Gasteiger partial charge in [0.2, 0.25) is 0 Å².